The Labute approximate surface area is 147 Å². The van der Waals surface area contributed by atoms with Gasteiger partial charge < -0.3 is 0 Å². The van der Waals surface area contributed by atoms with Gasteiger partial charge in [-0.05, 0) is 58.7 Å². The van der Waals surface area contributed by atoms with Gasteiger partial charge in [-0.2, -0.15) is 10.1 Å². The molecule has 0 radical (unpaired) electrons. The lowest BCUT2D eigenvalue weighted by Crippen LogP contribution is -2.30. The van der Waals surface area contributed by atoms with E-state index in [9.17, 15) is 9.59 Å². The largest absolute Gasteiger partial charge is 0.272 e. The van der Waals surface area contributed by atoms with Crippen molar-refractivity contribution in [3.05, 3.63) is 45.6 Å². The van der Waals surface area contributed by atoms with Crippen molar-refractivity contribution in [2.45, 2.75) is 12.8 Å². The zero-order valence-corrected chi connectivity index (χ0v) is 14.5. The summed E-state index contributed by atoms with van der Waals surface area (Å²) in [6.45, 7) is 0. The molecular weight excluding hydrogens is 403 g/mol. The maximum atomic E-state index is 12.8. The lowest BCUT2D eigenvalue weighted by Gasteiger charge is -2.18. The fraction of sp³-hybridized carbons (Fsp3) is 0.389. The van der Waals surface area contributed by atoms with Crippen LogP contribution in [0.15, 0.2) is 41.5 Å². The summed E-state index contributed by atoms with van der Waals surface area (Å²) < 4.78 is 1.05. The Morgan fingerprint density at radius 3 is 2.26 bits per heavy atom. The lowest BCUT2D eigenvalue weighted by atomic mass is 9.85. The van der Waals surface area contributed by atoms with Gasteiger partial charge in [-0.15, -0.1) is 0 Å². The number of amides is 2. The maximum Gasteiger partial charge on any atom is 0.254 e. The van der Waals surface area contributed by atoms with Gasteiger partial charge in [0.2, 0.25) is 0 Å². The Morgan fingerprint density at radius 1 is 1.09 bits per heavy atom. The summed E-state index contributed by atoms with van der Waals surface area (Å²) >= 11 is 2.22. The molecule has 2 bridgehead atoms. The maximum absolute atomic E-state index is 12.8. The number of benzene rings is 1. The Kier molecular flexibility index (Phi) is 2.73. The topological polar surface area (TPSA) is 49.7 Å². The van der Waals surface area contributed by atoms with Crippen LogP contribution in [0.1, 0.15) is 18.4 Å². The van der Waals surface area contributed by atoms with Crippen LogP contribution in [0.4, 0.5) is 0 Å². The van der Waals surface area contributed by atoms with Gasteiger partial charge in [0.05, 0.1) is 18.1 Å². The summed E-state index contributed by atoms with van der Waals surface area (Å²) in [7, 11) is 0. The zero-order chi connectivity index (χ0) is 15.8. The van der Waals surface area contributed by atoms with Crippen molar-refractivity contribution >= 4 is 40.6 Å². The third-order valence-electron chi connectivity index (χ3n) is 6.05. The highest BCUT2D eigenvalue weighted by molar-refractivity contribution is 14.1. The molecule has 0 aromatic heterocycles. The fourth-order valence-corrected chi connectivity index (χ4v) is 5.40. The number of carbonyl (C=O) groups excluding carboxylic acids is 2. The van der Waals surface area contributed by atoms with Crippen molar-refractivity contribution in [2.24, 2.45) is 34.2 Å². The summed E-state index contributed by atoms with van der Waals surface area (Å²) in [6.07, 6.45) is 8.30. The first kappa shape index (κ1) is 13.9. The predicted octanol–water partition coefficient (Wildman–Crippen LogP) is 2.82. The number of nitrogens with zero attached hydrogens (tertiary/aromatic N) is 2. The van der Waals surface area contributed by atoms with Crippen LogP contribution in [0, 0.1) is 32.7 Å². The van der Waals surface area contributed by atoms with Crippen LogP contribution in [0.2, 0.25) is 0 Å². The minimum Gasteiger partial charge on any atom is -0.272 e. The van der Waals surface area contributed by atoms with Gasteiger partial charge >= 0.3 is 0 Å². The third kappa shape index (κ3) is 1.69. The van der Waals surface area contributed by atoms with Crippen molar-refractivity contribution in [3.8, 4) is 0 Å². The van der Waals surface area contributed by atoms with Crippen LogP contribution in [0.5, 0.6) is 0 Å². The van der Waals surface area contributed by atoms with E-state index >= 15 is 0 Å². The number of carbonyl (C=O) groups is 2. The molecule has 1 saturated heterocycles. The summed E-state index contributed by atoms with van der Waals surface area (Å²) in [5.74, 6) is -0.0494. The van der Waals surface area contributed by atoms with Gasteiger partial charge in [0.25, 0.3) is 11.8 Å². The average molecular weight is 418 g/mol. The summed E-state index contributed by atoms with van der Waals surface area (Å²) in [4.78, 5) is 25.5. The minimum absolute atomic E-state index is 0.106. The van der Waals surface area contributed by atoms with Crippen LogP contribution >= 0.6 is 22.6 Å². The standard InChI is InChI=1S/C18H15IN2O2/c19-13-4-2-1-3-10(13)9-20-21-16(22)14-11-5-6-12(15(14)17(21)23)18(11)7-8-18/h1-6,9,11-12,14-15H,7-8H2/b20-9-/t11-,12-,14+,15+/m1/s1. The first-order chi connectivity index (χ1) is 11.1. The normalized spacial score (nSPS) is 35.8. The van der Waals surface area contributed by atoms with E-state index in [0.29, 0.717) is 0 Å². The molecule has 116 valence electrons. The second kappa shape index (κ2) is 4.53. The molecule has 0 unspecified atom stereocenters. The van der Waals surface area contributed by atoms with Crippen molar-refractivity contribution < 1.29 is 9.59 Å². The zero-order valence-electron chi connectivity index (χ0n) is 12.4. The Balaban J connectivity index is 1.46. The number of imide groups is 1. The molecule has 23 heavy (non-hydrogen) atoms. The number of allylic oxidation sites excluding steroid dienone is 2. The van der Waals surface area contributed by atoms with Gasteiger partial charge in [0, 0.05) is 9.13 Å². The molecule has 5 rings (SSSR count). The van der Waals surface area contributed by atoms with E-state index in [-0.39, 0.29) is 40.9 Å². The first-order valence-electron chi connectivity index (χ1n) is 7.98. The number of fused-ring (bicyclic) bond motifs is 3. The van der Waals surface area contributed by atoms with Gasteiger partial charge in [0.15, 0.2) is 0 Å². The van der Waals surface area contributed by atoms with Crippen molar-refractivity contribution in [2.75, 3.05) is 0 Å². The highest BCUT2D eigenvalue weighted by Gasteiger charge is 2.73. The van der Waals surface area contributed by atoms with Gasteiger partial charge in [-0.25, -0.2) is 0 Å². The van der Waals surface area contributed by atoms with E-state index in [4.69, 9.17) is 0 Å². The Morgan fingerprint density at radius 2 is 1.70 bits per heavy atom. The molecule has 3 fully saturated rings. The van der Waals surface area contributed by atoms with Gasteiger partial charge in [-0.1, -0.05) is 30.4 Å². The molecule has 0 N–H and O–H groups in total. The molecule has 1 heterocycles. The molecule has 1 spiro atoms. The molecule has 1 aromatic carbocycles. The number of hydrazone groups is 1. The van der Waals surface area contributed by atoms with Crippen LogP contribution in [0.25, 0.3) is 0 Å². The monoisotopic (exact) mass is 418 g/mol. The van der Waals surface area contributed by atoms with E-state index in [2.05, 4.69) is 39.8 Å². The second-order valence-corrected chi connectivity index (χ2v) is 8.14. The van der Waals surface area contributed by atoms with E-state index in [1.807, 2.05) is 24.3 Å². The molecular formula is C18H15IN2O2. The molecule has 4 aliphatic rings. The molecule has 2 saturated carbocycles. The Bertz CT molecular complexity index is 762. The van der Waals surface area contributed by atoms with E-state index in [0.717, 1.165) is 27.0 Å². The van der Waals surface area contributed by atoms with E-state index in [1.165, 1.54) is 0 Å². The van der Waals surface area contributed by atoms with Gasteiger partial charge in [0.1, 0.15) is 0 Å². The second-order valence-electron chi connectivity index (χ2n) is 6.98. The molecule has 1 aromatic rings. The van der Waals surface area contributed by atoms with Crippen LogP contribution in [-0.2, 0) is 9.59 Å². The number of halogens is 1. The van der Waals surface area contributed by atoms with Crippen LogP contribution in [-0.4, -0.2) is 23.0 Å². The third-order valence-corrected chi connectivity index (χ3v) is 7.03. The molecule has 3 aliphatic carbocycles. The predicted molar refractivity (Wildman–Crippen MR) is 93.4 cm³/mol. The molecule has 4 atom stereocenters. The van der Waals surface area contributed by atoms with Crippen molar-refractivity contribution in [3.63, 3.8) is 0 Å². The van der Waals surface area contributed by atoms with Crippen molar-refractivity contribution in [1.82, 2.24) is 5.01 Å². The first-order valence-corrected chi connectivity index (χ1v) is 9.06. The lowest BCUT2D eigenvalue weighted by molar-refractivity contribution is -0.141. The molecule has 2 amide bonds. The summed E-state index contributed by atoms with van der Waals surface area (Å²) in [5, 5.41) is 5.37. The highest BCUT2D eigenvalue weighted by atomic mass is 127. The minimum atomic E-state index is -0.174. The molecule has 1 aliphatic heterocycles. The van der Waals surface area contributed by atoms with E-state index < -0.39 is 0 Å². The van der Waals surface area contributed by atoms with Crippen LogP contribution in [0.3, 0.4) is 0 Å². The number of rotatable bonds is 2. The molecule has 5 heteroatoms. The average Bonchev–Trinajstić information content (AvgIpc) is 3.15. The SMILES string of the molecule is O=C1[C@@H]2[C@@H](C(=O)N1/N=C\c1ccccc1I)[C@H]1C=C[C@H]2C12CC2. The fourth-order valence-electron chi connectivity index (χ4n) is 4.88. The molecule has 4 nitrogen and oxygen atoms in total. The highest BCUT2D eigenvalue weighted by Crippen LogP contribution is 2.73. The Hall–Kier alpha value is -1.50. The van der Waals surface area contributed by atoms with Crippen molar-refractivity contribution in [1.29, 1.82) is 0 Å². The summed E-state index contributed by atoms with van der Waals surface area (Å²) in [6, 6.07) is 7.79. The quantitative estimate of drug-likeness (QED) is 0.321. The van der Waals surface area contributed by atoms with Gasteiger partial charge in [-0.3, -0.25) is 9.59 Å². The smallest absolute Gasteiger partial charge is 0.254 e. The van der Waals surface area contributed by atoms with E-state index in [1.54, 1.807) is 6.21 Å². The number of hydrogen-bond donors (Lipinski definition) is 0. The van der Waals surface area contributed by atoms with Crippen LogP contribution < -0.4 is 0 Å². The summed E-state index contributed by atoms with van der Waals surface area (Å²) in [5.41, 5.74) is 1.16. The number of hydrogen-bond acceptors (Lipinski definition) is 3.